The molecule has 0 fully saturated rings. The standard InChI is InChI=1S/C17H12F6O/c1-10-5-6-14-11(7-10)9-15(24-14,17(21,22)23)12-3-2-4-13(8-12)16(18,19)20/h2-8H,9H2,1H3. The quantitative estimate of drug-likeness (QED) is 0.628. The first-order valence-corrected chi connectivity index (χ1v) is 7.06. The number of hydrogen-bond acceptors (Lipinski definition) is 1. The molecule has 128 valence electrons. The molecule has 0 spiro atoms. The molecule has 2 aromatic rings. The molecule has 2 aromatic carbocycles. The molecule has 3 rings (SSSR count). The van der Waals surface area contributed by atoms with Crippen LogP contribution in [0.15, 0.2) is 42.5 Å². The summed E-state index contributed by atoms with van der Waals surface area (Å²) in [5, 5.41) is 0. The molecule has 0 bridgehead atoms. The molecule has 1 atom stereocenters. The minimum Gasteiger partial charge on any atom is -0.472 e. The van der Waals surface area contributed by atoms with Crippen molar-refractivity contribution in [1.82, 2.24) is 0 Å². The summed E-state index contributed by atoms with van der Waals surface area (Å²) in [6, 6.07) is 7.77. The summed E-state index contributed by atoms with van der Waals surface area (Å²) >= 11 is 0. The highest BCUT2D eigenvalue weighted by molar-refractivity contribution is 5.46. The van der Waals surface area contributed by atoms with Gasteiger partial charge in [-0.15, -0.1) is 0 Å². The highest BCUT2D eigenvalue weighted by Gasteiger charge is 2.61. The Kier molecular flexibility index (Phi) is 3.58. The van der Waals surface area contributed by atoms with Crippen LogP contribution in [0.2, 0.25) is 0 Å². The van der Waals surface area contributed by atoms with Crippen molar-refractivity contribution in [3.05, 3.63) is 64.7 Å². The molecule has 24 heavy (non-hydrogen) atoms. The van der Waals surface area contributed by atoms with Crippen molar-refractivity contribution in [2.24, 2.45) is 0 Å². The Morgan fingerprint density at radius 2 is 1.67 bits per heavy atom. The van der Waals surface area contributed by atoms with Crippen molar-refractivity contribution in [3.8, 4) is 5.75 Å². The highest BCUT2D eigenvalue weighted by atomic mass is 19.4. The SMILES string of the molecule is Cc1ccc2c(c1)CC(c1cccc(C(F)(F)F)c1)(C(F)(F)F)O2. The molecular formula is C17H12F6O. The van der Waals surface area contributed by atoms with Gasteiger partial charge >= 0.3 is 12.4 Å². The van der Waals surface area contributed by atoms with E-state index in [1.54, 1.807) is 19.1 Å². The van der Waals surface area contributed by atoms with Gasteiger partial charge in [0.15, 0.2) is 0 Å². The zero-order valence-corrected chi connectivity index (χ0v) is 12.4. The van der Waals surface area contributed by atoms with E-state index in [2.05, 4.69) is 0 Å². The lowest BCUT2D eigenvalue weighted by Gasteiger charge is -2.32. The zero-order valence-electron chi connectivity index (χ0n) is 12.4. The molecule has 1 nitrogen and oxygen atoms in total. The summed E-state index contributed by atoms with van der Waals surface area (Å²) in [5.41, 5.74) is -3.44. The average Bonchev–Trinajstić information content (AvgIpc) is 2.86. The first-order valence-electron chi connectivity index (χ1n) is 7.06. The van der Waals surface area contributed by atoms with Gasteiger partial charge in [0.2, 0.25) is 5.60 Å². The summed E-state index contributed by atoms with van der Waals surface area (Å²) in [6.07, 6.45) is -10.2. The third kappa shape index (κ3) is 2.61. The van der Waals surface area contributed by atoms with Crippen LogP contribution in [0, 0.1) is 6.92 Å². The van der Waals surface area contributed by atoms with E-state index in [4.69, 9.17) is 4.74 Å². The molecule has 1 aliphatic rings. The molecule has 0 saturated heterocycles. The van der Waals surface area contributed by atoms with Crippen molar-refractivity contribution >= 4 is 0 Å². The maximum absolute atomic E-state index is 13.8. The van der Waals surface area contributed by atoms with Crippen LogP contribution in [0.5, 0.6) is 5.75 Å². The van der Waals surface area contributed by atoms with Crippen LogP contribution in [0.3, 0.4) is 0 Å². The minimum absolute atomic E-state index is 0.0373. The fourth-order valence-corrected chi connectivity index (χ4v) is 2.87. The molecule has 1 unspecified atom stereocenters. The number of ether oxygens (including phenoxy) is 1. The van der Waals surface area contributed by atoms with Crippen LogP contribution < -0.4 is 4.74 Å². The maximum atomic E-state index is 13.8. The lowest BCUT2D eigenvalue weighted by molar-refractivity contribution is -0.248. The summed E-state index contributed by atoms with van der Waals surface area (Å²) in [5.74, 6) is 0.0373. The van der Waals surface area contributed by atoms with Gasteiger partial charge in [-0.1, -0.05) is 29.8 Å². The van der Waals surface area contributed by atoms with Gasteiger partial charge < -0.3 is 4.74 Å². The first kappa shape index (κ1) is 16.7. The number of benzene rings is 2. The lowest BCUT2D eigenvalue weighted by atomic mass is 9.87. The van der Waals surface area contributed by atoms with Crippen LogP contribution in [0.1, 0.15) is 22.3 Å². The smallest absolute Gasteiger partial charge is 0.432 e. The van der Waals surface area contributed by atoms with Gasteiger partial charge in [-0.05, 0) is 30.7 Å². The van der Waals surface area contributed by atoms with E-state index in [9.17, 15) is 26.3 Å². The van der Waals surface area contributed by atoms with Crippen molar-refractivity contribution < 1.29 is 31.1 Å². The number of aryl methyl sites for hydroxylation is 1. The molecule has 0 aromatic heterocycles. The molecule has 0 radical (unpaired) electrons. The van der Waals surface area contributed by atoms with Crippen LogP contribution >= 0.6 is 0 Å². The number of halogens is 6. The summed E-state index contributed by atoms with van der Waals surface area (Å²) < 4.78 is 85.2. The van der Waals surface area contributed by atoms with E-state index in [1.165, 1.54) is 6.07 Å². The second-order valence-corrected chi connectivity index (χ2v) is 5.79. The van der Waals surface area contributed by atoms with Crippen LogP contribution in [-0.2, 0) is 18.2 Å². The Morgan fingerprint density at radius 3 is 2.29 bits per heavy atom. The number of rotatable bonds is 1. The Balaban J connectivity index is 2.14. The van der Waals surface area contributed by atoms with Crippen molar-refractivity contribution in [1.29, 1.82) is 0 Å². The van der Waals surface area contributed by atoms with Crippen LogP contribution in [-0.4, -0.2) is 6.18 Å². The number of alkyl halides is 6. The number of hydrogen-bond donors (Lipinski definition) is 0. The molecule has 7 heteroatoms. The predicted molar refractivity (Wildman–Crippen MR) is 74.7 cm³/mol. The second kappa shape index (κ2) is 5.16. The van der Waals surface area contributed by atoms with Gasteiger partial charge in [-0.2, -0.15) is 26.3 Å². The lowest BCUT2D eigenvalue weighted by Crippen LogP contribution is -2.46. The Hall–Kier alpha value is -2.18. The minimum atomic E-state index is -4.87. The highest BCUT2D eigenvalue weighted by Crippen LogP contribution is 2.51. The van der Waals surface area contributed by atoms with Crippen molar-refractivity contribution in [2.75, 3.05) is 0 Å². The van der Waals surface area contributed by atoms with Gasteiger partial charge in [-0.3, -0.25) is 0 Å². The fraction of sp³-hybridized carbons (Fsp3) is 0.294. The second-order valence-electron chi connectivity index (χ2n) is 5.79. The predicted octanol–water partition coefficient (Wildman–Crippen LogP) is 5.41. The zero-order chi connectivity index (χ0) is 17.8. The van der Waals surface area contributed by atoms with E-state index >= 15 is 0 Å². The molecule has 0 N–H and O–H groups in total. The molecule has 1 aliphatic heterocycles. The Labute approximate surface area is 133 Å². The van der Waals surface area contributed by atoms with Gasteiger partial charge in [0.1, 0.15) is 5.75 Å². The van der Waals surface area contributed by atoms with Gasteiger partial charge in [0, 0.05) is 12.0 Å². The monoisotopic (exact) mass is 346 g/mol. The molecule has 1 heterocycles. The number of fused-ring (bicyclic) bond motifs is 1. The third-order valence-electron chi connectivity index (χ3n) is 4.05. The van der Waals surface area contributed by atoms with Crippen LogP contribution in [0.4, 0.5) is 26.3 Å². The summed E-state index contributed by atoms with van der Waals surface area (Å²) in [4.78, 5) is 0. The molecule has 0 saturated carbocycles. The Morgan fingerprint density at radius 1 is 0.958 bits per heavy atom. The Bertz CT molecular complexity index is 777. The fourth-order valence-electron chi connectivity index (χ4n) is 2.87. The van der Waals surface area contributed by atoms with Crippen molar-refractivity contribution in [3.63, 3.8) is 0 Å². The van der Waals surface area contributed by atoms with E-state index < -0.39 is 35.5 Å². The van der Waals surface area contributed by atoms with Gasteiger partial charge in [0.05, 0.1) is 5.56 Å². The summed E-state index contributed by atoms with van der Waals surface area (Å²) in [6.45, 7) is 1.72. The average molecular weight is 346 g/mol. The van der Waals surface area contributed by atoms with E-state index in [0.29, 0.717) is 11.6 Å². The molecular weight excluding hydrogens is 334 g/mol. The normalized spacial score (nSPS) is 20.6. The first-order chi connectivity index (χ1) is 11.0. The van der Waals surface area contributed by atoms with Gasteiger partial charge in [-0.25, -0.2) is 0 Å². The van der Waals surface area contributed by atoms with Gasteiger partial charge in [0.25, 0.3) is 0 Å². The maximum Gasteiger partial charge on any atom is 0.432 e. The van der Waals surface area contributed by atoms with Crippen LogP contribution in [0.25, 0.3) is 0 Å². The molecule has 0 aliphatic carbocycles. The van der Waals surface area contributed by atoms with Crippen molar-refractivity contribution in [2.45, 2.75) is 31.3 Å². The van der Waals surface area contributed by atoms with E-state index in [0.717, 1.165) is 23.8 Å². The topological polar surface area (TPSA) is 9.23 Å². The van der Waals surface area contributed by atoms with E-state index in [1.807, 2.05) is 0 Å². The third-order valence-corrected chi connectivity index (χ3v) is 4.05. The molecule has 0 amide bonds. The largest absolute Gasteiger partial charge is 0.472 e. The summed E-state index contributed by atoms with van der Waals surface area (Å²) in [7, 11) is 0. The van der Waals surface area contributed by atoms with E-state index in [-0.39, 0.29) is 5.75 Å².